The average Bonchev–Trinajstić information content (AvgIpc) is 2.44. The van der Waals surface area contributed by atoms with Crippen LogP contribution in [-0.4, -0.2) is 31.5 Å². The van der Waals surface area contributed by atoms with Gasteiger partial charge in [-0.2, -0.15) is 0 Å². The van der Waals surface area contributed by atoms with Crippen LogP contribution in [0.15, 0.2) is 0 Å². The van der Waals surface area contributed by atoms with E-state index in [0.29, 0.717) is 12.0 Å². The van der Waals surface area contributed by atoms with E-state index in [9.17, 15) is 0 Å². The topological polar surface area (TPSA) is 44.5 Å². The van der Waals surface area contributed by atoms with Gasteiger partial charge in [0, 0.05) is 25.9 Å². The summed E-state index contributed by atoms with van der Waals surface area (Å²) in [7, 11) is 0. The molecule has 0 aromatic rings. The molecule has 2 aliphatic rings. The average molecular weight is 269 g/mol. The van der Waals surface area contributed by atoms with Gasteiger partial charge in [-0.15, -0.1) is 0 Å². The van der Waals surface area contributed by atoms with E-state index >= 15 is 0 Å². The first-order valence-corrected chi connectivity index (χ1v) is 8.23. The third-order valence-electron chi connectivity index (χ3n) is 4.85. The molecular formula is C16H31NO2. The Morgan fingerprint density at radius 2 is 2.05 bits per heavy atom. The van der Waals surface area contributed by atoms with E-state index < -0.39 is 0 Å². The number of nitrogens with two attached hydrogens (primary N) is 1. The Morgan fingerprint density at radius 1 is 1.26 bits per heavy atom. The lowest BCUT2D eigenvalue weighted by molar-refractivity contribution is -0.121. The predicted molar refractivity (Wildman–Crippen MR) is 78.2 cm³/mol. The highest BCUT2D eigenvalue weighted by molar-refractivity contribution is 4.92. The van der Waals surface area contributed by atoms with Crippen LogP contribution in [-0.2, 0) is 9.47 Å². The molecule has 1 aliphatic carbocycles. The van der Waals surface area contributed by atoms with Crippen molar-refractivity contribution in [2.24, 2.45) is 11.7 Å². The predicted octanol–water partition coefficient (Wildman–Crippen LogP) is 3.26. The standard InChI is InChI=1S/C16H31NO2/c1-2-10-18-11-7-15(17)14-6-12-19-16(13-14)8-4-3-5-9-16/h14-15H,2-13,17H2,1H3. The zero-order chi connectivity index (χ0) is 13.6. The number of hydrogen-bond donors (Lipinski definition) is 1. The first-order valence-electron chi connectivity index (χ1n) is 8.23. The van der Waals surface area contributed by atoms with Crippen molar-refractivity contribution in [2.45, 2.75) is 76.4 Å². The second-order valence-electron chi connectivity index (χ2n) is 6.41. The number of rotatable bonds is 6. The fraction of sp³-hybridized carbons (Fsp3) is 1.00. The third-order valence-corrected chi connectivity index (χ3v) is 4.85. The molecule has 3 nitrogen and oxygen atoms in total. The zero-order valence-electron chi connectivity index (χ0n) is 12.5. The van der Waals surface area contributed by atoms with Gasteiger partial charge in [0.25, 0.3) is 0 Å². The molecule has 0 bridgehead atoms. The van der Waals surface area contributed by atoms with Gasteiger partial charge in [-0.3, -0.25) is 0 Å². The first kappa shape index (κ1) is 15.3. The van der Waals surface area contributed by atoms with E-state index in [1.807, 2.05) is 0 Å². The van der Waals surface area contributed by atoms with Crippen LogP contribution >= 0.6 is 0 Å². The highest BCUT2D eigenvalue weighted by Crippen LogP contribution is 2.41. The quantitative estimate of drug-likeness (QED) is 0.753. The summed E-state index contributed by atoms with van der Waals surface area (Å²) in [6.45, 7) is 4.74. The summed E-state index contributed by atoms with van der Waals surface area (Å²) in [4.78, 5) is 0. The van der Waals surface area contributed by atoms with Crippen LogP contribution in [0.1, 0.15) is 64.7 Å². The van der Waals surface area contributed by atoms with Crippen molar-refractivity contribution in [1.82, 2.24) is 0 Å². The number of ether oxygens (including phenoxy) is 2. The fourth-order valence-corrected chi connectivity index (χ4v) is 3.68. The van der Waals surface area contributed by atoms with Crippen LogP contribution in [0.3, 0.4) is 0 Å². The minimum absolute atomic E-state index is 0.184. The Morgan fingerprint density at radius 3 is 2.79 bits per heavy atom. The summed E-state index contributed by atoms with van der Waals surface area (Å²) in [6.07, 6.45) is 11.0. The van der Waals surface area contributed by atoms with Gasteiger partial charge >= 0.3 is 0 Å². The maximum Gasteiger partial charge on any atom is 0.0685 e. The summed E-state index contributed by atoms with van der Waals surface area (Å²) in [5, 5.41) is 0. The highest BCUT2D eigenvalue weighted by atomic mass is 16.5. The molecule has 2 fully saturated rings. The first-order chi connectivity index (χ1) is 9.26. The van der Waals surface area contributed by atoms with Crippen molar-refractivity contribution >= 4 is 0 Å². The molecule has 2 N–H and O–H groups in total. The summed E-state index contributed by atoms with van der Waals surface area (Å²) < 4.78 is 11.7. The molecule has 1 aliphatic heterocycles. The Kier molecular flexibility index (Phi) is 6.11. The van der Waals surface area contributed by atoms with Gasteiger partial charge in [-0.25, -0.2) is 0 Å². The third kappa shape index (κ3) is 4.44. The molecule has 0 radical (unpaired) electrons. The molecular weight excluding hydrogens is 238 g/mol. The molecule has 3 heteroatoms. The lowest BCUT2D eigenvalue weighted by Crippen LogP contribution is -2.46. The van der Waals surface area contributed by atoms with Crippen LogP contribution in [0.2, 0.25) is 0 Å². The van der Waals surface area contributed by atoms with Gasteiger partial charge in [0.2, 0.25) is 0 Å². The van der Waals surface area contributed by atoms with Crippen LogP contribution in [0.25, 0.3) is 0 Å². The highest BCUT2D eigenvalue weighted by Gasteiger charge is 2.39. The van der Waals surface area contributed by atoms with E-state index in [0.717, 1.165) is 39.1 Å². The molecule has 0 aromatic heterocycles. The van der Waals surface area contributed by atoms with Crippen molar-refractivity contribution < 1.29 is 9.47 Å². The van der Waals surface area contributed by atoms with Crippen molar-refractivity contribution in [3.05, 3.63) is 0 Å². The smallest absolute Gasteiger partial charge is 0.0685 e. The van der Waals surface area contributed by atoms with Crippen molar-refractivity contribution in [3.8, 4) is 0 Å². The summed E-state index contributed by atoms with van der Waals surface area (Å²) in [6, 6.07) is 0.291. The molecule has 1 spiro atoms. The normalized spacial score (nSPS) is 28.4. The molecule has 19 heavy (non-hydrogen) atoms. The van der Waals surface area contributed by atoms with E-state index in [1.54, 1.807) is 0 Å². The Labute approximate surface area is 118 Å². The van der Waals surface area contributed by atoms with Gasteiger partial charge in [0.1, 0.15) is 0 Å². The lowest BCUT2D eigenvalue weighted by atomic mass is 9.74. The molecule has 1 saturated heterocycles. The van der Waals surface area contributed by atoms with Crippen LogP contribution in [0, 0.1) is 5.92 Å². The van der Waals surface area contributed by atoms with Gasteiger partial charge in [0.15, 0.2) is 0 Å². The summed E-state index contributed by atoms with van der Waals surface area (Å²) >= 11 is 0. The molecule has 2 rings (SSSR count). The van der Waals surface area contributed by atoms with Crippen molar-refractivity contribution in [3.63, 3.8) is 0 Å². The molecule has 1 saturated carbocycles. The lowest BCUT2D eigenvalue weighted by Gasteiger charge is -2.45. The van der Waals surface area contributed by atoms with Gasteiger partial charge < -0.3 is 15.2 Å². The fourth-order valence-electron chi connectivity index (χ4n) is 3.68. The van der Waals surface area contributed by atoms with E-state index in [4.69, 9.17) is 15.2 Å². The van der Waals surface area contributed by atoms with Crippen molar-refractivity contribution in [2.75, 3.05) is 19.8 Å². The minimum atomic E-state index is 0.184. The van der Waals surface area contributed by atoms with E-state index in [2.05, 4.69) is 6.92 Å². The second-order valence-corrected chi connectivity index (χ2v) is 6.41. The SMILES string of the molecule is CCCOCCC(N)C1CCOC2(CCCCC2)C1. The number of hydrogen-bond acceptors (Lipinski definition) is 3. The molecule has 112 valence electrons. The van der Waals surface area contributed by atoms with Crippen LogP contribution in [0.5, 0.6) is 0 Å². The molecule has 1 heterocycles. The molecule has 0 amide bonds. The van der Waals surface area contributed by atoms with Crippen molar-refractivity contribution in [1.29, 1.82) is 0 Å². The summed E-state index contributed by atoms with van der Waals surface area (Å²) in [5.74, 6) is 0.636. The Bertz CT molecular complexity index is 246. The minimum Gasteiger partial charge on any atom is -0.381 e. The second kappa shape index (κ2) is 7.61. The monoisotopic (exact) mass is 269 g/mol. The van der Waals surface area contributed by atoms with Gasteiger partial charge in [0.05, 0.1) is 5.60 Å². The maximum atomic E-state index is 6.39. The molecule has 2 atom stereocenters. The van der Waals surface area contributed by atoms with Gasteiger partial charge in [-0.1, -0.05) is 26.2 Å². The largest absolute Gasteiger partial charge is 0.381 e. The van der Waals surface area contributed by atoms with E-state index in [1.165, 1.54) is 38.5 Å². The Hall–Kier alpha value is -0.120. The summed E-state index contributed by atoms with van der Waals surface area (Å²) in [5.41, 5.74) is 6.57. The zero-order valence-corrected chi connectivity index (χ0v) is 12.5. The maximum absolute atomic E-state index is 6.39. The van der Waals surface area contributed by atoms with Gasteiger partial charge in [-0.05, 0) is 44.4 Å². The molecule has 2 unspecified atom stereocenters. The molecule has 0 aromatic carbocycles. The Balaban J connectivity index is 1.76. The van der Waals surface area contributed by atoms with Crippen LogP contribution < -0.4 is 5.73 Å². The van der Waals surface area contributed by atoms with E-state index in [-0.39, 0.29) is 5.60 Å². The van der Waals surface area contributed by atoms with Crippen LogP contribution in [0.4, 0.5) is 0 Å².